The molecule has 3 nitrogen and oxygen atoms in total. The maximum absolute atomic E-state index is 4.18. The number of aromatic nitrogens is 1. The lowest BCUT2D eigenvalue weighted by Gasteiger charge is -2.27. The number of rotatable bonds is 4. The molecule has 0 saturated carbocycles. The van der Waals surface area contributed by atoms with Crippen LogP contribution in [0.2, 0.25) is 0 Å². The van der Waals surface area contributed by atoms with E-state index in [2.05, 4.69) is 35.2 Å². The van der Waals surface area contributed by atoms with Crippen LogP contribution in [0.15, 0.2) is 24.5 Å². The largest absolute Gasteiger partial charge is 0.313 e. The maximum atomic E-state index is 4.18. The van der Waals surface area contributed by atoms with E-state index in [1.807, 2.05) is 18.5 Å². The quantitative estimate of drug-likeness (QED) is 0.837. The second-order valence-corrected chi connectivity index (χ2v) is 4.70. The third-order valence-corrected chi connectivity index (χ3v) is 3.50. The van der Waals surface area contributed by atoms with Crippen molar-refractivity contribution in [3.05, 3.63) is 30.1 Å². The minimum Gasteiger partial charge on any atom is -0.313 e. The summed E-state index contributed by atoms with van der Waals surface area (Å²) >= 11 is 0. The Balaban J connectivity index is 1.91. The molecule has 0 bridgehead atoms. The molecule has 16 heavy (non-hydrogen) atoms. The molecule has 2 heterocycles. The number of nitrogens with zero attached hydrogens (tertiary/aromatic N) is 2. The summed E-state index contributed by atoms with van der Waals surface area (Å²) in [4.78, 5) is 6.58. The smallest absolute Gasteiger partial charge is 0.0332 e. The Morgan fingerprint density at radius 1 is 1.62 bits per heavy atom. The molecule has 1 N–H and O–H groups in total. The summed E-state index contributed by atoms with van der Waals surface area (Å²) in [5, 5.41) is 3.54. The van der Waals surface area contributed by atoms with Crippen molar-refractivity contribution in [2.45, 2.75) is 31.8 Å². The van der Waals surface area contributed by atoms with E-state index in [9.17, 15) is 0 Å². The van der Waals surface area contributed by atoms with Gasteiger partial charge in [-0.3, -0.25) is 9.88 Å². The third kappa shape index (κ3) is 2.80. The van der Waals surface area contributed by atoms with Crippen LogP contribution in [0.1, 0.15) is 31.4 Å². The second kappa shape index (κ2) is 5.41. The van der Waals surface area contributed by atoms with Crippen molar-refractivity contribution < 1.29 is 0 Å². The molecular weight excluding hydrogens is 198 g/mol. The molecule has 1 saturated heterocycles. The lowest BCUT2D eigenvalue weighted by atomic mass is 10.1. The predicted octanol–water partition coefficient (Wildman–Crippen LogP) is 1.83. The highest BCUT2D eigenvalue weighted by molar-refractivity contribution is 5.12. The van der Waals surface area contributed by atoms with Gasteiger partial charge in [0.1, 0.15) is 0 Å². The van der Waals surface area contributed by atoms with Gasteiger partial charge in [-0.25, -0.2) is 0 Å². The highest BCUT2D eigenvalue weighted by atomic mass is 15.2. The average molecular weight is 219 g/mol. The summed E-state index contributed by atoms with van der Waals surface area (Å²) in [6, 6.07) is 5.27. The van der Waals surface area contributed by atoms with Crippen LogP contribution in [0, 0.1) is 0 Å². The SMILES string of the molecule is CC(c1cccnc1)N(C)CC1CCCN1. The lowest BCUT2D eigenvalue weighted by Crippen LogP contribution is -2.36. The van der Waals surface area contributed by atoms with Gasteiger partial charge < -0.3 is 5.32 Å². The molecule has 0 radical (unpaired) electrons. The van der Waals surface area contributed by atoms with E-state index in [1.54, 1.807) is 0 Å². The first kappa shape index (κ1) is 11.6. The molecular formula is C13H21N3. The van der Waals surface area contributed by atoms with Gasteiger partial charge in [0.25, 0.3) is 0 Å². The first-order valence-corrected chi connectivity index (χ1v) is 6.11. The Morgan fingerprint density at radius 2 is 2.50 bits per heavy atom. The van der Waals surface area contributed by atoms with Gasteiger partial charge in [0.2, 0.25) is 0 Å². The molecule has 0 aromatic carbocycles. The van der Waals surface area contributed by atoms with Crippen molar-refractivity contribution in [1.29, 1.82) is 0 Å². The van der Waals surface area contributed by atoms with Crippen molar-refractivity contribution in [1.82, 2.24) is 15.2 Å². The topological polar surface area (TPSA) is 28.2 Å². The van der Waals surface area contributed by atoms with Crippen LogP contribution in [0.3, 0.4) is 0 Å². The van der Waals surface area contributed by atoms with E-state index in [4.69, 9.17) is 0 Å². The van der Waals surface area contributed by atoms with Gasteiger partial charge in [-0.1, -0.05) is 6.07 Å². The molecule has 1 aliphatic heterocycles. The van der Waals surface area contributed by atoms with Crippen molar-refractivity contribution in [2.75, 3.05) is 20.1 Å². The Labute approximate surface area is 97.9 Å². The normalized spacial score (nSPS) is 22.6. The van der Waals surface area contributed by atoms with Gasteiger partial charge in [0.05, 0.1) is 0 Å². The summed E-state index contributed by atoms with van der Waals surface area (Å²) in [6.07, 6.45) is 6.42. The first-order chi connectivity index (χ1) is 7.77. The molecule has 0 aliphatic carbocycles. The summed E-state index contributed by atoms with van der Waals surface area (Å²) in [5.74, 6) is 0. The molecule has 1 aromatic heterocycles. The summed E-state index contributed by atoms with van der Waals surface area (Å²) in [5.41, 5.74) is 1.29. The lowest BCUT2D eigenvalue weighted by molar-refractivity contribution is 0.238. The van der Waals surface area contributed by atoms with Crippen molar-refractivity contribution in [3.8, 4) is 0 Å². The van der Waals surface area contributed by atoms with E-state index in [-0.39, 0.29) is 0 Å². The van der Waals surface area contributed by atoms with E-state index < -0.39 is 0 Å². The third-order valence-electron chi connectivity index (χ3n) is 3.50. The molecule has 2 atom stereocenters. The zero-order valence-corrected chi connectivity index (χ0v) is 10.2. The van der Waals surface area contributed by atoms with Gasteiger partial charge in [-0.05, 0) is 45.0 Å². The standard InChI is InChI=1S/C13H21N3/c1-11(12-5-3-7-14-9-12)16(2)10-13-6-4-8-15-13/h3,5,7,9,11,13,15H,4,6,8,10H2,1-2H3. The number of likely N-dealkylation sites (N-methyl/N-ethyl adjacent to an activating group) is 1. The summed E-state index contributed by atoms with van der Waals surface area (Å²) in [6.45, 7) is 4.54. The number of pyridine rings is 1. The Morgan fingerprint density at radius 3 is 3.12 bits per heavy atom. The summed E-state index contributed by atoms with van der Waals surface area (Å²) in [7, 11) is 2.19. The fourth-order valence-corrected chi connectivity index (χ4v) is 2.30. The van der Waals surface area contributed by atoms with Gasteiger partial charge in [-0.15, -0.1) is 0 Å². The van der Waals surface area contributed by atoms with E-state index in [0.717, 1.165) is 6.54 Å². The fraction of sp³-hybridized carbons (Fsp3) is 0.615. The highest BCUT2D eigenvalue weighted by Crippen LogP contribution is 2.18. The second-order valence-electron chi connectivity index (χ2n) is 4.70. The van der Waals surface area contributed by atoms with E-state index in [0.29, 0.717) is 12.1 Å². The molecule has 0 spiro atoms. The Bertz CT molecular complexity index is 306. The molecule has 0 amide bonds. The molecule has 88 valence electrons. The van der Waals surface area contributed by atoms with Crippen molar-refractivity contribution >= 4 is 0 Å². The van der Waals surface area contributed by atoms with Crippen LogP contribution in [-0.4, -0.2) is 36.1 Å². The monoisotopic (exact) mass is 219 g/mol. The zero-order valence-electron chi connectivity index (χ0n) is 10.2. The minimum absolute atomic E-state index is 0.441. The van der Waals surface area contributed by atoms with Gasteiger partial charge in [-0.2, -0.15) is 0 Å². The molecule has 1 aliphatic rings. The minimum atomic E-state index is 0.441. The number of hydrogen-bond donors (Lipinski definition) is 1. The van der Waals surface area contributed by atoms with Crippen LogP contribution in [0.4, 0.5) is 0 Å². The fourth-order valence-electron chi connectivity index (χ4n) is 2.30. The van der Waals surface area contributed by atoms with Crippen molar-refractivity contribution in [3.63, 3.8) is 0 Å². The molecule has 1 aromatic rings. The Kier molecular flexibility index (Phi) is 3.91. The van der Waals surface area contributed by atoms with Crippen LogP contribution in [-0.2, 0) is 0 Å². The maximum Gasteiger partial charge on any atom is 0.0332 e. The predicted molar refractivity (Wildman–Crippen MR) is 66.3 cm³/mol. The van der Waals surface area contributed by atoms with Crippen LogP contribution >= 0.6 is 0 Å². The Hall–Kier alpha value is -0.930. The highest BCUT2D eigenvalue weighted by Gasteiger charge is 2.19. The van der Waals surface area contributed by atoms with Crippen molar-refractivity contribution in [2.24, 2.45) is 0 Å². The number of hydrogen-bond acceptors (Lipinski definition) is 3. The molecule has 2 unspecified atom stereocenters. The summed E-state index contributed by atoms with van der Waals surface area (Å²) < 4.78 is 0. The van der Waals surface area contributed by atoms with E-state index >= 15 is 0 Å². The zero-order chi connectivity index (χ0) is 11.4. The van der Waals surface area contributed by atoms with Crippen LogP contribution in [0.25, 0.3) is 0 Å². The molecule has 2 rings (SSSR count). The number of nitrogens with one attached hydrogen (secondary N) is 1. The van der Waals surface area contributed by atoms with Crippen LogP contribution < -0.4 is 5.32 Å². The molecule has 1 fully saturated rings. The van der Waals surface area contributed by atoms with Gasteiger partial charge in [0.15, 0.2) is 0 Å². The first-order valence-electron chi connectivity index (χ1n) is 6.11. The average Bonchev–Trinajstić information content (AvgIpc) is 2.82. The molecule has 3 heteroatoms. The van der Waals surface area contributed by atoms with Gasteiger partial charge in [0, 0.05) is 31.0 Å². The van der Waals surface area contributed by atoms with Gasteiger partial charge >= 0.3 is 0 Å². The van der Waals surface area contributed by atoms with E-state index in [1.165, 1.54) is 24.9 Å². The van der Waals surface area contributed by atoms with Crippen LogP contribution in [0.5, 0.6) is 0 Å².